The Morgan fingerprint density at radius 1 is 1.06 bits per heavy atom. The number of hydrogen-bond acceptors (Lipinski definition) is 2. The molecular weight excluding hydrogens is 264 g/mol. The van der Waals surface area contributed by atoms with E-state index >= 15 is 0 Å². The van der Waals surface area contributed by atoms with Crippen molar-refractivity contribution in [3.05, 3.63) is 35.1 Å². The summed E-state index contributed by atoms with van der Waals surface area (Å²) in [6.07, 6.45) is -7.79. The highest BCUT2D eigenvalue weighted by molar-refractivity contribution is 5.22. The van der Waals surface area contributed by atoms with Gasteiger partial charge in [0.2, 0.25) is 0 Å². The minimum absolute atomic E-state index is 0.146. The number of alkyl halides is 3. The average Bonchev–Trinajstić information content (AvgIpc) is 2.21. The predicted molar refractivity (Wildman–Crippen MR) is 49.9 cm³/mol. The second-order valence-electron chi connectivity index (χ2n) is 3.69. The first-order valence-electron chi connectivity index (χ1n) is 4.77. The van der Waals surface area contributed by atoms with Gasteiger partial charge in [0.15, 0.2) is 11.6 Å². The topological polar surface area (TPSA) is 46.2 Å². The molecule has 0 fully saturated rings. The molecule has 3 N–H and O–H groups in total. The highest BCUT2D eigenvalue weighted by atomic mass is 19.4. The Kier molecular flexibility index (Phi) is 4.23. The van der Waals surface area contributed by atoms with E-state index in [1.807, 2.05) is 0 Å². The van der Waals surface area contributed by atoms with Crippen molar-refractivity contribution in [2.24, 2.45) is 5.73 Å². The van der Waals surface area contributed by atoms with Crippen molar-refractivity contribution in [3.63, 3.8) is 0 Å². The lowest BCUT2D eigenvalue weighted by Crippen LogP contribution is -2.38. The summed E-state index contributed by atoms with van der Waals surface area (Å²) in [7, 11) is 0. The zero-order chi connectivity index (χ0) is 14.1. The summed E-state index contributed by atoms with van der Waals surface area (Å²) in [6.45, 7) is 0. The quantitative estimate of drug-likeness (QED) is 0.656. The van der Waals surface area contributed by atoms with Gasteiger partial charge in [0, 0.05) is 18.1 Å². The van der Waals surface area contributed by atoms with Crippen LogP contribution >= 0.6 is 0 Å². The van der Waals surface area contributed by atoms with E-state index in [4.69, 9.17) is 5.73 Å². The Hall–Kier alpha value is -1.28. The van der Waals surface area contributed by atoms with Gasteiger partial charge in [0.05, 0.1) is 6.10 Å². The lowest BCUT2D eigenvalue weighted by atomic mass is 10.0. The van der Waals surface area contributed by atoms with Gasteiger partial charge in [-0.2, -0.15) is 13.2 Å². The van der Waals surface area contributed by atoms with Crippen molar-refractivity contribution in [1.82, 2.24) is 0 Å². The molecule has 0 aromatic heterocycles. The number of nitrogens with two attached hydrogens (primary N) is 1. The van der Waals surface area contributed by atoms with Gasteiger partial charge in [-0.1, -0.05) is 0 Å². The van der Waals surface area contributed by atoms with Crippen molar-refractivity contribution in [2.75, 3.05) is 0 Å². The fourth-order valence-electron chi connectivity index (χ4n) is 1.29. The zero-order valence-corrected chi connectivity index (χ0v) is 8.81. The molecule has 1 aromatic rings. The second kappa shape index (κ2) is 5.15. The predicted octanol–water partition coefficient (Wildman–Crippen LogP) is 2.42. The molecule has 8 heteroatoms. The van der Waals surface area contributed by atoms with Crippen LogP contribution in [0.1, 0.15) is 18.1 Å². The number of rotatable bonds is 3. The smallest absolute Gasteiger partial charge is 0.388 e. The van der Waals surface area contributed by atoms with E-state index in [0.29, 0.717) is 6.07 Å². The molecule has 102 valence electrons. The third kappa shape index (κ3) is 3.36. The summed E-state index contributed by atoms with van der Waals surface area (Å²) in [6, 6.07) is -1.94. The molecule has 0 heterocycles. The van der Waals surface area contributed by atoms with E-state index in [1.165, 1.54) is 0 Å². The largest absolute Gasteiger partial charge is 0.403 e. The van der Waals surface area contributed by atoms with Crippen molar-refractivity contribution >= 4 is 0 Å². The second-order valence-corrected chi connectivity index (χ2v) is 3.69. The fourth-order valence-corrected chi connectivity index (χ4v) is 1.29. The zero-order valence-electron chi connectivity index (χ0n) is 8.81. The number of aliphatic hydroxyl groups excluding tert-OH is 1. The van der Waals surface area contributed by atoms with Crippen molar-refractivity contribution in [2.45, 2.75) is 24.7 Å². The van der Waals surface area contributed by atoms with E-state index < -0.39 is 47.8 Å². The van der Waals surface area contributed by atoms with Crippen molar-refractivity contribution < 1.29 is 31.4 Å². The summed E-state index contributed by atoms with van der Waals surface area (Å²) >= 11 is 0. The van der Waals surface area contributed by atoms with Gasteiger partial charge >= 0.3 is 6.18 Å². The lowest BCUT2D eigenvalue weighted by molar-refractivity contribution is -0.154. The van der Waals surface area contributed by atoms with Gasteiger partial charge in [-0.3, -0.25) is 0 Å². The molecule has 1 aromatic carbocycles. The summed E-state index contributed by atoms with van der Waals surface area (Å²) in [5, 5.41) is 9.34. The maximum atomic E-state index is 13.1. The number of aliphatic hydroxyl groups is 1. The van der Waals surface area contributed by atoms with Crippen LogP contribution < -0.4 is 5.73 Å². The van der Waals surface area contributed by atoms with Crippen LogP contribution in [0.3, 0.4) is 0 Å². The molecule has 1 rings (SSSR count). The monoisotopic (exact) mass is 273 g/mol. The fraction of sp³-hybridized carbons (Fsp3) is 0.400. The molecule has 0 radical (unpaired) electrons. The minimum Gasteiger partial charge on any atom is -0.388 e. The first kappa shape index (κ1) is 14.8. The van der Waals surface area contributed by atoms with Gasteiger partial charge < -0.3 is 10.8 Å². The lowest BCUT2D eigenvalue weighted by Gasteiger charge is -2.19. The molecule has 0 aliphatic carbocycles. The Bertz CT molecular complexity index is 433. The van der Waals surface area contributed by atoms with Crippen LogP contribution in [-0.2, 0) is 0 Å². The van der Waals surface area contributed by atoms with Gasteiger partial charge in [0.1, 0.15) is 11.9 Å². The Morgan fingerprint density at radius 2 is 1.56 bits per heavy atom. The number of benzene rings is 1. The molecule has 0 unspecified atom stereocenters. The van der Waals surface area contributed by atoms with E-state index in [2.05, 4.69) is 0 Å². The maximum absolute atomic E-state index is 13.1. The number of hydrogen-bond donors (Lipinski definition) is 2. The molecule has 0 aliphatic rings. The number of halogens is 6. The highest BCUT2D eigenvalue weighted by Crippen LogP contribution is 2.28. The standard InChI is InChI=1S/C10H9F6NO/c11-5-2-7(13)6(12)1-4(5)8(18)3-9(17)10(14,15)16/h1-2,8-9,18H,3,17H2/t8-,9+/m0/s1. The molecule has 0 aliphatic heterocycles. The molecule has 0 saturated carbocycles. The molecule has 18 heavy (non-hydrogen) atoms. The Balaban J connectivity index is 2.91. The SMILES string of the molecule is N[C@H](C[C@H](O)c1cc(F)c(F)cc1F)C(F)(F)F. The summed E-state index contributed by atoms with van der Waals surface area (Å²) in [5.74, 6) is -4.30. The van der Waals surface area contributed by atoms with Crippen LogP contribution in [0, 0.1) is 17.5 Å². The highest BCUT2D eigenvalue weighted by Gasteiger charge is 2.38. The van der Waals surface area contributed by atoms with Crippen LogP contribution in [0.2, 0.25) is 0 Å². The molecule has 2 atom stereocenters. The first-order chi connectivity index (χ1) is 8.12. The van der Waals surface area contributed by atoms with E-state index in [1.54, 1.807) is 0 Å². The summed E-state index contributed by atoms with van der Waals surface area (Å²) < 4.78 is 74.8. The van der Waals surface area contributed by atoms with Crippen LogP contribution in [-0.4, -0.2) is 17.3 Å². The van der Waals surface area contributed by atoms with E-state index in [0.717, 1.165) is 0 Å². The molecule has 0 saturated heterocycles. The molecule has 0 amide bonds. The van der Waals surface area contributed by atoms with Crippen molar-refractivity contribution in [1.29, 1.82) is 0 Å². The van der Waals surface area contributed by atoms with Crippen LogP contribution in [0.25, 0.3) is 0 Å². The minimum atomic E-state index is -4.77. The van der Waals surface area contributed by atoms with Gasteiger partial charge in [0.25, 0.3) is 0 Å². The van der Waals surface area contributed by atoms with Crippen LogP contribution in [0.4, 0.5) is 26.3 Å². The Morgan fingerprint density at radius 3 is 2.06 bits per heavy atom. The molecular formula is C10H9F6NO. The van der Waals surface area contributed by atoms with E-state index in [9.17, 15) is 31.4 Å². The van der Waals surface area contributed by atoms with Gasteiger partial charge in [-0.15, -0.1) is 0 Å². The summed E-state index contributed by atoms with van der Waals surface area (Å²) in [4.78, 5) is 0. The maximum Gasteiger partial charge on any atom is 0.403 e. The van der Waals surface area contributed by atoms with E-state index in [-0.39, 0.29) is 6.07 Å². The molecule has 2 nitrogen and oxygen atoms in total. The third-order valence-electron chi connectivity index (χ3n) is 2.30. The van der Waals surface area contributed by atoms with Gasteiger partial charge in [-0.05, 0) is 6.07 Å². The third-order valence-corrected chi connectivity index (χ3v) is 2.30. The molecule has 0 bridgehead atoms. The Labute approximate surface area is 98.0 Å². The van der Waals surface area contributed by atoms with Gasteiger partial charge in [-0.25, -0.2) is 13.2 Å². The van der Waals surface area contributed by atoms with Crippen LogP contribution in [0.5, 0.6) is 0 Å². The molecule has 0 spiro atoms. The normalized spacial score (nSPS) is 15.6. The van der Waals surface area contributed by atoms with Crippen LogP contribution in [0.15, 0.2) is 12.1 Å². The average molecular weight is 273 g/mol. The summed E-state index contributed by atoms with van der Waals surface area (Å²) in [5.41, 5.74) is 3.96. The first-order valence-corrected chi connectivity index (χ1v) is 4.77. The van der Waals surface area contributed by atoms with Crippen molar-refractivity contribution in [3.8, 4) is 0 Å².